The van der Waals surface area contributed by atoms with Gasteiger partial charge in [0.25, 0.3) is 5.56 Å². The number of hydrogen-bond donors (Lipinski definition) is 2. The molecule has 0 aliphatic heterocycles. The van der Waals surface area contributed by atoms with Gasteiger partial charge in [0.05, 0.1) is 7.11 Å². The fraction of sp³-hybridized carbons (Fsp3) is 0.333. The van der Waals surface area contributed by atoms with Crippen molar-refractivity contribution in [1.82, 2.24) is 10.3 Å². The van der Waals surface area contributed by atoms with Crippen LogP contribution >= 0.6 is 0 Å². The fourth-order valence-corrected chi connectivity index (χ4v) is 3.98. The standard InChI is InChI=1S/C24H26N2O3/c1-15-11-17(9-10-22(15)29-2)20(16-7-8-16)13-23(27)25-14-19-12-18-5-3-4-6-21(18)26-24(19)28/h3-6,9-12,16,20H,7-8,13-14H2,1-2H3,(H,25,27)(H,26,28). The Bertz CT molecular complexity index is 1100. The first-order valence-electron chi connectivity index (χ1n) is 10.1. The molecule has 4 rings (SSSR count). The van der Waals surface area contributed by atoms with Gasteiger partial charge in [-0.2, -0.15) is 0 Å². The molecule has 2 N–H and O–H groups in total. The van der Waals surface area contributed by atoms with E-state index in [0.29, 0.717) is 17.9 Å². The van der Waals surface area contributed by atoms with Crippen LogP contribution in [0.1, 0.15) is 41.9 Å². The van der Waals surface area contributed by atoms with Crippen LogP contribution in [0.25, 0.3) is 10.9 Å². The largest absolute Gasteiger partial charge is 0.496 e. The van der Waals surface area contributed by atoms with Crippen LogP contribution in [0.3, 0.4) is 0 Å². The number of fused-ring (bicyclic) bond motifs is 1. The Hall–Kier alpha value is -3.08. The molecule has 1 aromatic heterocycles. The third-order valence-electron chi connectivity index (χ3n) is 5.75. The number of carbonyl (C=O) groups is 1. The van der Waals surface area contributed by atoms with Crippen LogP contribution in [0.15, 0.2) is 53.3 Å². The molecule has 0 radical (unpaired) electrons. The average Bonchev–Trinajstić information content (AvgIpc) is 3.55. The molecule has 1 fully saturated rings. The minimum Gasteiger partial charge on any atom is -0.496 e. The molecule has 1 amide bonds. The molecule has 1 atom stereocenters. The summed E-state index contributed by atoms with van der Waals surface area (Å²) in [7, 11) is 1.67. The van der Waals surface area contributed by atoms with E-state index in [9.17, 15) is 9.59 Å². The van der Waals surface area contributed by atoms with Gasteiger partial charge in [0.2, 0.25) is 5.91 Å². The molecule has 1 aliphatic carbocycles. The maximum Gasteiger partial charge on any atom is 0.253 e. The number of amides is 1. The highest BCUT2D eigenvalue weighted by Gasteiger charge is 2.33. The summed E-state index contributed by atoms with van der Waals surface area (Å²) in [5, 5.41) is 3.90. The van der Waals surface area contributed by atoms with Gasteiger partial charge in [-0.15, -0.1) is 0 Å². The van der Waals surface area contributed by atoms with Crippen LogP contribution in [-0.4, -0.2) is 18.0 Å². The Morgan fingerprint density at radius 3 is 2.72 bits per heavy atom. The van der Waals surface area contributed by atoms with Crippen LogP contribution < -0.4 is 15.6 Å². The number of nitrogens with one attached hydrogen (secondary N) is 2. The number of ether oxygens (including phenoxy) is 1. The van der Waals surface area contributed by atoms with Gasteiger partial charge in [0, 0.05) is 24.0 Å². The minimum atomic E-state index is -0.159. The molecule has 5 heteroatoms. The van der Waals surface area contributed by atoms with Gasteiger partial charge in [0.1, 0.15) is 5.75 Å². The molecule has 0 spiro atoms. The van der Waals surface area contributed by atoms with Crippen molar-refractivity contribution in [2.45, 2.75) is 38.6 Å². The average molecular weight is 390 g/mol. The number of para-hydroxylation sites is 1. The molecule has 1 aliphatic rings. The highest BCUT2D eigenvalue weighted by atomic mass is 16.5. The zero-order valence-corrected chi connectivity index (χ0v) is 16.8. The summed E-state index contributed by atoms with van der Waals surface area (Å²) in [4.78, 5) is 27.8. The number of pyridine rings is 1. The van der Waals surface area contributed by atoms with Gasteiger partial charge in [-0.25, -0.2) is 0 Å². The van der Waals surface area contributed by atoms with Crippen molar-refractivity contribution in [2.75, 3.05) is 7.11 Å². The molecule has 1 heterocycles. The normalized spacial score (nSPS) is 14.6. The van der Waals surface area contributed by atoms with Crippen molar-refractivity contribution < 1.29 is 9.53 Å². The Balaban J connectivity index is 1.45. The van der Waals surface area contributed by atoms with E-state index in [0.717, 1.165) is 35.1 Å². The van der Waals surface area contributed by atoms with Gasteiger partial charge in [-0.05, 0) is 66.3 Å². The minimum absolute atomic E-state index is 0.0251. The quantitative estimate of drug-likeness (QED) is 0.639. The van der Waals surface area contributed by atoms with E-state index in [1.54, 1.807) is 7.11 Å². The molecular weight excluding hydrogens is 364 g/mol. The van der Waals surface area contributed by atoms with E-state index in [1.165, 1.54) is 5.56 Å². The zero-order chi connectivity index (χ0) is 20.4. The lowest BCUT2D eigenvalue weighted by molar-refractivity contribution is -0.121. The number of methoxy groups -OCH3 is 1. The summed E-state index contributed by atoms with van der Waals surface area (Å²) >= 11 is 0. The van der Waals surface area contributed by atoms with Crippen LogP contribution in [0.2, 0.25) is 0 Å². The number of carbonyl (C=O) groups excluding carboxylic acids is 1. The molecule has 0 saturated heterocycles. The van der Waals surface area contributed by atoms with Gasteiger partial charge < -0.3 is 15.0 Å². The molecule has 1 unspecified atom stereocenters. The van der Waals surface area contributed by atoms with Crippen molar-refractivity contribution in [3.05, 3.63) is 75.6 Å². The number of H-pyrrole nitrogens is 1. The van der Waals surface area contributed by atoms with Crippen molar-refractivity contribution in [2.24, 2.45) is 5.92 Å². The van der Waals surface area contributed by atoms with Crippen molar-refractivity contribution in [3.8, 4) is 5.75 Å². The van der Waals surface area contributed by atoms with Crippen molar-refractivity contribution in [1.29, 1.82) is 0 Å². The van der Waals surface area contributed by atoms with Crippen LogP contribution in [0.4, 0.5) is 0 Å². The number of rotatable bonds is 7. The molecular formula is C24H26N2O3. The predicted octanol–water partition coefficient (Wildman–Crippen LogP) is 4.05. The van der Waals surface area contributed by atoms with E-state index in [4.69, 9.17) is 4.74 Å². The third-order valence-corrected chi connectivity index (χ3v) is 5.75. The predicted molar refractivity (Wildman–Crippen MR) is 114 cm³/mol. The number of hydrogen-bond acceptors (Lipinski definition) is 3. The highest BCUT2D eigenvalue weighted by Crippen LogP contribution is 2.45. The molecule has 29 heavy (non-hydrogen) atoms. The van der Waals surface area contributed by atoms with Gasteiger partial charge in [0.15, 0.2) is 0 Å². The van der Waals surface area contributed by atoms with Gasteiger partial charge in [-0.1, -0.05) is 30.3 Å². The highest BCUT2D eigenvalue weighted by molar-refractivity contribution is 5.79. The Kier molecular flexibility index (Phi) is 5.38. The summed E-state index contributed by atoms with van der Waals surface area (Å²) in [5.74, 6) is 1.60. The molecule has 2 aromatic carbocycles. The molecule has 150 valence electrons. The first-order chi connectivity index (χ1) is 14.0. The maximum absolute atomic E-state index is 12.7. The topological polar surface area (TPSA) is 71.2 Å². The van der Waals surface area contributed by atoms with Gasteiger partial charge in [-0.3, -0.25) is 9.59 Å². The first-order valence-corrected chi connectivity index (χ1v) is 10.1. The third kappa shape index (κ3) is 4.34. The van der Waals surface area contributed by atoms with E-state index in [2.05, 4.69) is 22.4 Å². The second-order valence-corrected chi connectivity index (χ2v) is 7.86. The molecule has 3 aromatic rings. The molecule has 1 saturated carbocycles. The molecule has 5 nitrogen and oxygen atoms in total. The van der Waals surface area contributed by atoms with E-state index in [-0.39, 0.29) is 23.9 Å². The van der Waals surface area contributed by atoms with Crippen LogP contribution in [0.5, 0.6) is 5.75 Å². The summed E-state index contributed by atoms with van der Waals surface area (Å²) in [6.07, 6.45) is 2.75. The van der Waals surface area contributed by atoms with Crippen molar-refractivity contribution in [3.63, 3.8) is 0 Å². The Morgan fingerprint density at radius 1 is 1.21 bits per heavy atom. The van der Waals surface area contributed by atoms with Crippen LogP contribution in [0, 0.1) is 12.8 Å². The van der Waals surface area contributed by atoms with Crippen molar-refractivity contribution >= 4 is 16.8 Å². The molecule has 0 bridgehead atoms. The number of aromatic amines is 1. The lowest BCUT2D eigenvalue weighted by atomic mass is 9.89. The SMILES string of the molecule is COc1ccc(C(CC(=O)NCc2cc3ccccc3[nH]c2=O)C2CC2)cc1C. The maximum atomic E-state index is 12.7. The summed E-state index contributed by atoms with van der Waals surface area (Å²) < 4.78 is 5.35. The van der Waals surface area contributed by atoms with E-state index < -0.39 is 0 Å². The van der Waals surface area contributed by atoms with Gasteiger partial charge >= 0.3 is 0 Å². The summed E-state index contributed by atoms with van der Waals surface area (Å²) in [6, 6.07) is 15.7. The summed E-state index contributed by atoms with van der Waals surface area (Å²) in [5.41, 5.74) is 3.48. The first kappa shape index (κ1) is 19.2. The number of benzene rings is 2. The fourth-order valence-electron chi connectivity index (χ4n) is 3.98. The van der Waals surface area contributed by atoms with Crippen LogP contribution in [-0.2, 0) is 11.3 Å². The van der Waals surface area contributed by atoms with E-state index >= 15 is 0 Å². The monoisotopic (exact) mass is 390 g/mol. The smallest absolute Gasteiger partial charge is 0.253 e. The number of aromatic nitrogens is 1. The lowest BCUT2D eigenvalue weighted by Gasteiger charge is -2.18. The Labute approximate surface area is 170 Å². The lowest BCUT2D eigenvalue weighted by Crippen LogP contribution is -2.28. The second kappa shape index (κ2) is 8.11. The summed E-state index contributed by atoms with van der Waals surface area (Å²) in [6.45, 7) is 2.26. The number of aryl methyl sites for hydroxylation is 1. The zero-order valence-electron chi connectivity index (χ0n) is 16.8. The second-order valence-electron chi connectivity index (χ2n) is 7.86. The Morgan fingerprint density at radius 2 is 2.00 bits per heavy atom. The van der Waals surface area contributed by atoms with E-state index in [1.807, 2.05) is 43.3 Å².